The summed E-state index contributed by atoms with van der Waals surface area (Å²) in [4.78, 5) is 40.9. The molecule has 0 radical (unpaired) electrons. The first-order valence-corrected chi connectivity index (χ1v) is 13.0. The van der Waals surface area contributed by atoms with Gasteiger partial charge in [-0.05, 0) is 48.7 Å². The molecule has 1 aliphatic heterocycles. The van der Waals surface area contributed by atoms with Gasteiger partial charge < -0.3 is 23.9 Å². The van der Waals surface area contributed by atoms with Crippen LogP contribution in [0.1, 0.15) is 57.0 Å². The van der Waals surface area contributed by atoms with Crippen molar-refractivity contribution in [2.24, 2.45) is 0 Å². The van der Waals surface area contributed by atoms with Gasteiger partial charge in [0.1, 0.15) is 0 Å². The number of aliphatic hydroxyl groups is 1. The summed E-state index contributed by atoms with van der Waals surface area (Å²) in [5.41, 5.74) is 3.07. The molecule has 1 aliphatic rings. The smallest absolute Gasteiger partial charge is 0.338 e. The lowest BCUT2D eigenvalue weighted by molar-refractivity contribution is -0.130. The third-order valence-corrected chi connectivity index (χ3v) is 6.84. The number of esters is 1. The van der Waals surface area contributed by atoms with E-state index in [4.69, 9.17) is 13.9 Å². The Morgan fingerprint density at radius 3 is 2.48 bits per heavy atom. The molecule has 1 unspecified atom stereocenters. The second kappa shape index (κ2) is 11.1. The first-order valence-electron chi connectivity index (χ1n) is 13.0. The lowest BCUT2D eigenvalue weighted by atomic mass is 9.94. The van der Waals surface area contributed by atoms with E-state index >= 15 is 0 Å². The van der Waals surface area contributed by atoms with Crippen LogP contribution in [0.2, 0.25) is 0 Å². The maximum Gasteiger partial charge on any atom is 0.338 e. The van der Waals surface area contributed by atoms with Gasteiger partial charge in [-0.2, -0.15) is 0 Å². The zero-order valence-electron chi connectivity index (χ0n) is 22.5. The Bertz CT molecular complexity index is 1630. The number of furan rings is 1. The van der Waals surface area contributed by atoms with E-state index < -0.39 is 29.5 Å². The average molecular weight is 540 g/mol. The van der Waals surface area contributed by atoms with E-state index in [2.05, 4.69) is 0 Å². The summed E-state index contributed by atoms with van der Waals surface area (Å²) in [6.07, 6.45) is 0.723. The maximum absolute atomic E-state index is 13.9. The quantitative estimate of drug-likeness (QED) is 0.202. The van der Waals surface area contributed by atoms with Gasteiger partial charge in [-0.1, -0.05) is 61.0 Å². The largest absolute Gasteiger partial charge is 0.503 e. The first kappa shape index (κ1) is 26.7. The minimum Gasteiger partial charge on any atom is -0.503 e. The molecule has 5 rings (SSSR count). The number of benzene rings is 3. The van der Waals surface area contributed by atoms with E-state index in [0.717, 1.165) is 12.0 Å². The minimum absolute atomic E-state index is 0.0108. The second-order valence-electron chi connectivity index (χ2n) is 9.66. The number of Topliss-reactive ketones (excluding diaryl/α,β-unsaturated/α-hetero) is 1. The van der Waals surface area contributed by atoms with Crippen LogP contribution in [0.4, 0.5) is 0 Å². The first-order chi connectivity index (χ1) is 19.3. The number of nitrogens with zero attached hydrogens (tertiary/aromatic N) is 1. The third-order valence-electron chi connectivity index (χ3n) is 6.84. The van der Waals surface area contributed by atoms with Crippen LogP contribution in [0.3, 0.4) is 0 Å². The van der Waals surface area contributed by atoms with Crippen LogP contribution < -0.4 is 4.74 Å². The molecule has 0 aliphatic carbocycles. The number of aryl methyl sites for hydroxylation is 1. The van der Waals surface area contributed by atoms with Crippen molar-refractivity contribution in [2.45, 2.75) is 32.9 Å². The molecule has 1 aromatic heterocycles. The van der Waals surface area contributed by atoms with Crippen molar-refractivity contribution in [3.05, 3.63) is 112 Å². The van der Waals surface area contributed by atoms with Gasteiger partial charge in [0.05, 0.1) is 30.9 Å². The highest BCUT2D eigenvalue weighted by atomic mass is 16.5. The standard InChI is InChI=1S/C32H29NO7/c1-4-15-39-32(37)21-13-11-20(12-14-21)18-33-27(22-8-5-7-19(2)16-22)26(29(35)31(33)36)28(34)25-17-23-9-6-10-24(38-3)30(23)40-25/h5-14,16-17,27,35H,4,15,18H2,1-3H3. The number of ketones is 1. The van der Waals surface area contributed by atoms with E-state index in [-0.39, 0.29) is 17.9 Å². The average Bonchev–Trinajstić information content (AvgIpc) is 3.51. The molecule has 2 heterocycles. The molecule has 204 valence electrons. The fraction of sp³-hybridized carbons (Fsp3) is 0.219. The van der Waals surface area contributed by atoms with Crippen LogP contribution in [0.25, 0.3) is 11.0 Å². The maximum atomic E-state index is 13.9. The Kier molecular flexibility index (Phi) is 7.42. The Labute approximate surface area is 231 Å². The number of hydrogen-bond acceptors (Lipinski definition) is 7. The normalized spacial score (nSPS) is 15.1. The predicted octanol–water partition coefficient (Wildman–Crippen LogP) is 6.10. The summed E-state index contributed by atoms with van der Waals surface area (Å²) in [5.74, 6) is -1.84. The molecule has 0 spiro atoms. The van der Waals surface area contributed by atoms with Crippen molar-refractivity contribution < 1.29 is 33.4 Å². The molecule has 40 heavy (non-hydrogen) atoms. The van der Waals surface area contributed by atoms with Crippen LogP contribution in [-0.2, 0) is 16.1 Å². The molecule has 3 aromatic carbocycles. The number of carbonyl (C=O) groups excluding carboxylic acids is 3. The van der Waals surface area contributed by atoms with Crippen molar-refractivity contribution in [3.8, 4) is 5.75 Å². The summed E-state index contributed by atoms with van der Waals surface area (Å²) in [6.45, 7) is 4.26. The zero-order valence-corrected chi connectivity index (χ0v) is 22.5. The van der Waals surface area contributed by atoms with Crippen LogP contribution in [0.15, 0.2) is 88.5 Å². The van der Waals surface area contributed by atoms with Crippen molar-refractivity contribution in [1.82, 2.24) is 4.90 Å². The third kappa shape index (κ3) is 4.96. The van der Waals surface area contributed by atoms with E-state index in [9.17, 15) is 19.5 Å². The number of methoxy groups -OCH3 is 1. The summed E-state index contributed by atoms with van der Waals surface area (Å²) >= 11 is 0. The highest BCUT2D eigenvalue weighted by Crippen LogP contribution is 2.41. The van der Waals surface area contributed by atoms with Crippen LogP contribution in [0.5, 0.6) is 5.75 Å². The fourth-order valence-corrected chi connectivity index (χ4v) is 4.90. The lowest BCUT2D eigenvalue weighted by Crippen LogP contribution is -2.30. The minimum atomic E-state index is -0.857. The van der Waals surface area contributed by atoms with Crippen molar-refractivity contribution >= 4 is 28.6 Å². The number of ether oxygens (including phenoxy) is 2. The van der Waals surface area contributed by atoms with Gasteiger partial charge in [0.2, 0.25) is 5.78 Å². The molecule has 0 saturated heterocycles. The number of fused-ring (bicyclic) bond motifs is 1. The topological polar surface area (TPSA) is 106 Å². The number of carbonyl (C=O) groups is 3. The van der Waals surface area contributed by atoms with Gasteiger partial charge in [0.15, 0.2) is 22.9 Å². The van der Waals surface area contributed by atoms with Crippen LogP contribution in [0, 0.1) is 6.92 Å². The Balaban J connectivity index is 1.51. The molecular weight excluding hydrogens is 510 g/mol. The predicted molar refractivity (Wildman–Crippen MR) is 148 cm³/mol. The molecule has 8 heteroatoms. The summed E-state index contributed by atoms with van der Waals surface area (Å²) in [6, 6.07) is 20.2. The molecule has 1 atom stereocenters. The monoisotopic (exact) mass is 539 g/mol. The molecule has 8 nitrogen and oxygen atoms in total. The molecule has 1 N–H and O–H groups in total. The van der Waals surface area contributed by atoms with Gasteiger partial charge in [-0.25, -0.2) is 4.79 Å². The molecular formula is C32H29NO7. The van der Waals surface area contributed by atoms with E-state index in [0.29, 0.717) is 40.0 Å². The van der Waals surface area contributed by atoms with E-state index in [1.807, 2.05) is 38.1 Å². The van der Waals surface area contributed by atoms with Crippen LogP contribution >= 0.6 is 0 Å². The number of rotatable bonds is 9. The van der Waals surface area contributed by atoms with Crippen molar-refractivity contribution in [1.29, 1.82) is 0 Å². The summed E-state index contributed by atoms with van der Waals surface area (Å²) in [7, 11) is 1.51. The molecule has 0 fully saturated rings. The molecule has 0 saturated carbocycles. The summed E-state index contributed by atoms with van der Waals surface area (Å²) in [5, 5.41) is 11.7. The lowest BCUT2D eigenvalue weighted by Gasteiger charge is -2.27. The van der Waals surface area contributed by atoms with Gasteiger partial charge in [0, 0.05) is 11.9 Å². The SMILES string of the molecule is CCCOC(=O)c1ccc(CN2C(=O)C(O)=C(C(=O)c3cc4cccc(OC)c4o3)C2c2cccc(C)c2)cc1. The van der Waals surface area contributed by atoms with E-state index in [1.165, 1.54) is 12.0 Å². The van der Waals surface area contributed by atoms with Gasteiger partial charge in [0.25, 0.3) is 5.91 Å². The van der Waals surface area contributed by atoms with Gasteiger partial charge in [-0.15, -0.1) is 0 Å². The van der Waals surface area contributed by atoms with Crippen molar-refractivity contribution in [3.63, 3.8) is 0 Å². The molecule has 1 amide bonds. The zero-order chi connectivity index (χ0) is 28.4. The fourth-order valence-electron chi connectivity index (χ4n) is 4.90. The second-order valence-corrected chi connectivity index (χ2v) is 9.66. The number of hydrogen-bond donors (Lipinski definition) is 1. The van der Waals surface area contributed by atoms with Gasteiger partial charge in [-0.3, -0.25) is 9.59 Å². The Morgan fingerprint density at radius 2 is 1.77 bits per heavy atom. The molecule has 0 bridgehead atoms. The van der Waals surface area contributed by atoms with Crippen LogP contribution in [-0.4, -0.2) is 41.4 Å². The number of para-hydroxylation sites is 1. The van der Waals surface area contributed by atoms with Gasteiger partial charge >= 0.3 is 5.97 Å². The number of amides is 1. The highest BCUT2D eigenvalue weighted by molar-refractivity contribution is 6.16. The molecule has 4 aromatic rings. The van der Waals surface area contributed by atoms with Crippen molar-refractivity contribution in [2.75, 3.05) is 13.7 Å². The Morgan fingerprint density at radius 1 is 1.02 bits per heavy atom. The Hall–Kier alpha value is -4.85. The summed E-state index contributed by atoms with van der Waals surface area (Å²) < 4.78 is 16.4. The van der Waals surface area contributed by atoms with E-state index in [1.54, 1.807) is 48.5 Å². The number of aliphatic hydroxyl groups excluding tert-OH is 1. The highest BCUT2D eigenvalue weighted by Gasteiger charge is 2.44.